The molecule has 0 aliphatic heterocycles. The molecule has 0 radical (unpaired) electrons. The quantitative estimate of drug-likeness (QED) is 0.761. The molecule has 0 bridgehead atoms. The Balaban J connectivity index is 2.01. The Morgan fingerprint density at radius 3 is 2.68 bits per heavy atom. The van der Waals surface area contributed by atoms with Crippen LogP contribution >= 0.6 is 11.3 Å². The first-order valence-corrected chi connectivity index (χ1v) is 9.00. The van der Waals surface area contributed by atoms with Crippen LogP contribution in [0.1, 0.15) is 15.9 Å². The first kappa shape index (κ1) is 17.5. The van der Waals surface area contributed by atoms with Crippen molar-refractivity contribution in [3.63, 3.8) is 0 Å². The molecule has 1 amide bonds. The molecule has 1 N–H and O–H groups in total. The molecule has 0 atom stereocenters. The number of quaternary nitrogens is 1. The van der Waals surface area contributed by atoms with Crippen molar-refractivity contribution in [2.24, 2.45) is 0 Å². The second kappa shape index (κ2) is 7.29. The molecule has 1 heterocycles. The minimum absolute atomic E-state index is 0.107. The molecule has 4 nitrogen and oxygen atoms in total. The Labute approximate surface area is 150 Å². The summed E-state index contributed by atoms with van der Waals surface area (Å²) in [4.78, 5) is 20.3. The molecule has 0 unspecified atom stereocenters. The van der Waals surface area contributed by atoms with Gasteiger partial charge < -0.3 is 4.90 Å². The number of hydrogen-bond acceptors (Lipinski definition) is 3. The maximum absolute atomic E-state index is 14.0. The van der Waals surface area contributed by atoms with Crippen molar-refractivity contribution in [3.8, 4) is 0 Å². The zero-order valence-electron chi connectivity index (χ0n) is 14.5. The predicted octanol–water partition coefficient (Wildman–Crippen LogP) is 2.54. The molecule has 0 aliphatic rings. The topological polar surface area (TPSA) is 37.6 Å². The van der Waals surface area contributed by atoms with Gasteiger partial charge in [-0.15, -0.1) is 0 Å². The first-order valence-electron chi connectivity index (χ1n) is 8.18. The summed E-state index contributed by atoms with van der Waals surface area (Å²) < 4.78 is 14.7. The van der Waals surface area contributed by atoms with Crippen LogP contribution in [0.4, 0.5) is 9.52 Å². The van der Waals surface area contributed by atoms with Crippen LogP contribution in [0.3, 0.4) is 0 Å². The number of rotatable bonds is 5. The van der Waals surface area contributed by atoms with E-state index in [9.17, 15) is 9.18 Å². The predicted molar refractivity (Wildman–Crippen MR) is 100 cm³/mol. The molecule has 0 saturated carbocycles. The molecule has 0 fully saturated rings. The molecule has 3 rings (SSSR count). The number of nitrogens with one attached hydrogen (secondary N) is 1. The number of benzene rings is 2. The molecule has 3 aromatic rings. The Bertz CT molecular complexity index is 907. The summed E-state index contributed by atoms with van der Waals surface area (Å²) in [5.74, 6) is -0.467. The number of nitrogens with zero attached hydrogens (tertiary/aromatic N) is 2. The van der Waals surface area contributed by atoms with Gasteiger partial charge in [-0.3, -0.25) is 9.69 Å². The van der Waals surface area contributed by atoms with Crippen molar-refractivity contribution in [3.05, 3.63) is 59.4 Å². The van der Waals surface area contributed by atoms with E-state index in [0.29, 0.717) is 22.8 Å². The van der Waals surface area contributed by atoms with Crippen molar-refractivity contribution < 1.29 is 14.1 Å². The highest BCUT2D eigenvalue weighted by atomic mass is 32.1. The lowest BCUT2D eigenvalue weighted by Crippen LogP contribution is -3.06. The Hall–Kier alpha value is -2.31. The largest absolute Gasteiger partial charge is 0.338 e. The van der Waals surface area contributed by atoms with E-state index < -0.39 is 0 Å². The van der Waals surface area contributed by atoms with Gasteiger partial charge in [0.2, 0.25) is 0 Å². The number of hydrogen-bond donors (Lipinski definition) is 1. The van der Waals surface area contributed by atoms with E-state index in [1.165, 1.54) is 22.3 Å². The highest BCUT2D eigenvalue weighted by Crippen LogP contribution is 2.30. The molecular weight excluding hydrogens is 337 g/mol. The van der Waals surface area contributed by atoms with Crippen molar-refractivity contribution in [2.45, 2.75) is 6.92 Å². The molecule has 130 valence electrons. The van der Waals surface area contributed by atoms with Gasteiger partial charge in [0.05, 0.1) is 31.9 Å². The number of aromatic nitrogens is 1. The van der Waals surface area contributed by atoms with E-state index in [0.717, 1.165) is 16.8 Å². The Kier molecular flexibility index (Phi) is 5.11. The summed E-state index contributed by atoms with van der Waals surface area (Å²) in [7, 11) is 4.07. The van der Waals surface area contributed by atoms with E-state index in [1.807, 2.05) is 45.3 Å². The number of amides is 1. The molecule has 0 spiro atoms. The van der Waals surface area contributed by atoms with Gasteiger partial charge in [0.15, 0.2) is 5.13 Å². The maximum atomic E-state index is 14.0. The minimum Gasteiger partial charge on any atom is -0.338 e. The van der Waals surface area contributed by atoms with Crippen LogP contribution in [0, 0.1) is 12.7 Å². The molecule has 2 aromatic carbocycles. The number of anilines is 1. The van der Waals surface area contributed by atoms with E-state index in [1.54, 1.807) is 17.0 Å². The third kappa shape index (κ3) is 3.86. The van der Waals surface area contributed by atoms with E-state index in [2.05, 4.69) is 4.98 Å². The monoisotopic (exact) mass is 358 g/mol. The summed E-state index contributed by atoms with van der Waals surface area (Å²) in [6.45, 7) is 3.25. The van der Waals surface area contributed by atoms with E-state index in [4.69, 9.17) is 0 Å². The zero-order chi connectivity index (χ0) is 18.0. The van der Waals surface area contributed by atoms with Gasteiger partial charge in [-0.2, -0.15) is 0 Å². The molecule has 0 saturated heterocycles. The van der Waals surface area contributed by atoms with Crippen LogP contribution in [0.5, 0.6) is 0 Å². The number of fused-ring (bicyclic) bond motifs is 1. The lowest BCUT2D eigenvalue weighted by atomic mass is 10.1. The number of para-hydroxylation sites is 1. The summed E-state index contributed by atoms with van der Waals surface area (Å²) in [6, 6.07) is 12.4. The molecule has 25 heavy (non-hydrogen) atoms. The molecule has 6 heteroatoms. The highest BCUT2D eigenvalue weighted by molar-refractivity contribution is 7.22. The maximum Gasteiger partial charge on any atom is 0.260 e. The SMILES string of the molecule is Cc1cccc(C(=O)N(CC[NH+](C)C)c2nc3c(F)cccc3s2)c1. The third-order valence-corrected chi connectivity index (χ3v) is 4.98. The standard InChI is InChI=1S/C19H20FN3OS/c1-13-6-4-7-14(12-13)18(24)23(11-10-22(2)3)19-21-17-15(20)8-5-9-16(17)25-19/h4-9,12H,10-11H2,1-3H3/p+1. The third-order valence-electron chi connectivity index (χ3n) is 3.93. The average Bonchev–Trinajstić information content (AvgIpc) is 3.00. The summed E-state index contributed by atoms with van der Waals surface area (Å²) in [5.41, 5.74) is 1.97. The Morgan fingerprint density at radius 2 is 2.00 bits per heavy atom. The Morgan fingerprint density at radius 1 is 1.24 bits per heavy atom. The number of likely N-dealkylation sites (N-methyl/N-ethyl adjacent to an activating group) is 1. The summed E-state index contributed by atoms with van der Waals surface area (Å²) in [6.07, 6.45) is 0. The van der Waals surface area contributed by atoms with Gasteiger partial charge in [-0.1, -0.05) is 35.1 Å². The highest BCUT2D eigenvalue weighted by Gasteiger charge is 2.23. The fraction of sp³-hybridized carbons (Fsp3) is 0.263. The van der Waals surface area contributed by atoms with Crippen molar-refractivity contribution in [2.75, 3.05) is 32.1 Å². The second-order valence-corrected chi connectivity index (χ2v) is 7.38. The number of thiazole rings is 1. The van der Waals surface area contributed by atoms with Crippen molar-refractivity contribution in [1.82, 2.24) is 4.98 Å². The second-order valence-electron chi connectivity index (χ2n) is 6.37. The van der Waals surface area contributed by atoms with Crippen molar-refractivity contribution in [1.29, 1.82) is 0 Å². The van der Waals surface area contributed by atoms with Gasteiger partial charge in [-0.25, -0.2) is 9.37 Å². The van der Waals surface area contributed by atoms with Gasteiger partial charge in [0.1, 0.15) is 11.3 Å². The summed E-state index contributed by atoms with van der Waals surface area (Å²) in [5, 5.41) is 0.535. The minimum atomic E-state index is -0.360. The lowest BCUT2D eigenvalue weighted by Gasteiger charge is -2.21. The van der Waals surface area contributed by atoms with Gasteiger partial charge in [0, 0.05) is 5.56 Å². The fourth-order valence-electron chi connectivity index (χ4n) is 2.57. The van der Waals surface area contributed by atoms with Crippen LogP contribution < -0.4 is 9.80 Å². The fourth-order valence-corrected chi connectivity index (χ4v) is 3.58. The van der Waals surface area contributed by atoms with Gasteiger partial charge >= 0.3 is 0 Å². The van der Waals surface area contributed by atoms with E-state index in [-0.39, 0.29) is 11.7 Å². The van der Waals surface area contributed by atoms with Crippen LogP contribution in [0.2, 0.25) is 0 Å². The van der Waals surface area contributed by atoms with Crippen LogP contribution in [-0.2, 0) is 0 Å². The zero-order valence-corrected chi connectivity index (χ0v) is 15.4. The van der Waals surface area contributed by atoms with Gasteiger partial charge in [0.25, 0.3) is 5.91 Å². The normalized spacial score (nSPS) is 11.2. The van der Waals surface area contributed by atoms with E-state index >= 15 is 0 Å². The number of carbonyl (C=O) groups is 1. The number of carbonyl (C=O) groups excluding carboxylic acids is 1. The van der Waals surface area contributed by atoms with Crippen LogP contribution in [-0.4, -0.2) is 38.1 Å². The van der Waals surface area contributed by atoms with Crippen LogP contribution in [0.25, 0.3) is 10.2 Å². The van der Waals surface area contributed by atoms with Crippen LogP contribution in [0.15, 0.2) is 42.5 Å². The average molecular weight is 358 g/mol. The first-order chi connectivity index (χ1) is 12.0. The lowest BCUT2D eigenvalue weighted by molar-refractivity contribution is -0.856. The molecule has 0 aliphatic carbocycles. The number of halogens is 1. The number of aryl methyl sites for hydroxylation is 1. The molecular formula is C19H21FN3OS+. The van der Waals surface area contributed by atoms with Gasteiger partial charge in [-0.05, 0) is 31.2 Å². The summed E-state index contributed by atoms with van der Waals surface area (Å²) >= 11 is 1.34. The molecule has 1 aromatic heterocycles. The van der Waals surface area contributed by atoms with Crippen molar-refractivity contribution >= 4 is 32.6 Å². The smallest absolute Gasteiger partial charge is 0.260 e.